The summed E-state index contributed by atoms with van der Waals surface area (Å²) in [4.78, 5) is 30.6. The van der Waals surface area contributed by atoms with Crippen molar-refractivity contribution in [3.63, 3.8) is 0 Å². The van der Waals surface area contributed by atoms with E-state index in [2.05, 4.69) is 5.32 Å². The molecular weight excluding hydrogens is 442 g/mol. The molecule has 0 radical (unpaired) electrons. The second-order valence-electron chi connectivity index (χ2n) is 7.25. The lowest BCUT2D eigenvalue weighted by molar-refractivity contribution is -0.113. The number of ether oxygens (including phenoxy) is 1. The van der Waals surface area contributed by atoms with Gasteiger partial charge in [-0.2, -0.15) is 0 Å². The van der Waals surface area contributed by atoms with Crippen LogP contribution >= 0.6 is 23.1 Å². The fraction of sp³-hybridized carbons (Fsp3) is 0.208. The minimum absolute atomic E-state index is 0.117. The lowest BCUT2D eigenvalue weighted by atomic mass is 10.1. The molecule has 0 fully saturated rings. The summed E-state index contributed by atoms with van der Waals surface area (Å²) in [7, 11) is 0. The summed E-state index contributed by atoms with van der Waals surface area (Å²) in [6.45, 7) is 6.47. The normalized spacial score (nSPS) is 11.0. The van der Waals surface area contributed by atoms with Crippen molar-refractivity contribution in [2.75, 3.05) is 17.7 Å². The average molecular weight is 466 g/mol. The van der Waals surface area contributed by atoms with Crippen LogP contribution in [0.15, 0.2) is 63.9 Å². The van der Waals surface area contributed by atoms with E-state index in [-0.39, 0.29) is 17.2 Å². The van der Waals surface area contributed by atoms with Crippen LogP contribution in [0.1, 0.15) is 18.1 Å². The standard InChI is InChI=1S/C24H23N3O3S2/c1-4-30-18-9-7-17(8-10-18)25-21(28)14-32-24-26-19-11-12-31-22(19)23(29)27(24)20-13-15(2)5-6-16(20)3/h5-13H,4,14H2,1-3H3,(H,25,28). The number of hydrogen-bond donors (Lipinski definition) is 1. The van der Waals surface area contributed by atoms with Crippen molar-refractivity contribution >= 4 is 44.9 Å². The maximum absolute atomic E-state index is 13.3. The van der Waals surface area contributed by atoms with Gasteiger partial charge in [0.1, 0.15) is 10.4 Å². The van der Waals surface area contributed by atoms with Gasteiger partial charge in [0.15, 0.2) is 5.16 Å². The molecule has 0 spiro atoms. The number of rotatable bonds is 7. The van der Waals surface area contributed by atoms with Gasteiger partial charge in [0.2, 0.25) is 5.91 Å². The topological polar surface area (TPSA) is 73.2 Å². The summed E-state index contributed by atoms with van der Waals surface area (Å²) in [6.07, 6.45) is 0. The second kappa shape index (κ2) is 9.58. The Morgan fingerprint density at radius 1 is 1.16 bits per heavy atom. The van der Waals surface area contributed by atoms with Gasteiger partial charge >= 0.3 is 0 Å². The molecule has 1 N–H and O–H groups in total. The molecule has 164 valence electrons. The van der Waals surface area contributed by atoms with E-state index in [1.165, 1.54) is 23.1 Å². The van der Waals surface area contributed by atoms with Gasteiger partial charge in [-0.3, -0.25) is 14.2 Å². The minimum Gasteiger partial charge on any atom is -0.494 e. The predicted molar refractivity (Wildman–Crippen MR) is 132 cm³/mol. The van der Waals surface area contributed by atoms with Crippen LogP contribution in [0.2, 0.25) is 0 Å². The van der Waals surface area contributed by atoms with Crippen LogP contribution in [0, 0.1) is 13.8 Å². The van der Waals surface area contributed by atoms with E-state index in [1.807, 2.05) is 62.5 Å². The Kier molecular flexibility index (Phi) is 6.62. The van der Waals surface area contributed by atoms with Crippen molar-refractivity contribution in [3.8, 4) is 11.4 Å². The summed E-state index contributed by atoms with van der Waals surface area (Å²) in [6, 6.07) is 15.0. The molecule has 6 nitrogen and oxygen atoms in total. The highest BCUT2D eigenvalue weighted by atomic mass is 32.2. The molecule has 0 atom stereocenters. The second-order valence-corrected chi connectivity index (χ2v) is 9.11. The first-order valence-corrected chi connectivity index (χ1v) is 12.1. The molecule has 0 unspecified atom stereocenters. The zero-order valence-electron chi connectivity index (χ0n) is 18.0. The number of thioether (sulfide) groups is 1. The Morgan fingerprint density at radius 2 is 1.94 bits per heavy atom. The number of benzene rings is 2. The quantitative estimate of drug-likeness (QED) is 0.300. The third kappa shape index (κ3) is 4.71. The van der Waals surface area contributed by atoms with Crippen molar-refractivity contribution in [2.45, 2.75) is 25.9 Å². The molecule has 2 heterocycles. The highest BCUT2D eigenvalue weighted by Crippen LogP contribution is 2.26. The van der Waals surface area contributed by atoms with Gasteiger partial charge in [0, 0.05) is 5.69 Å². The Hall–Kier alpha value is -3.10. The summed E-state index contributed by atoms with van der Waals surface area (Å²) in [5, 5.41) is 5.24. The number of fused-ring (bicyclic) bond motifs is 1. The van der Waals surface area contributed by atoms with Crippen molar-refractivity contribution in [1.82, 2.24) is 9.55 Å². The van der Waals surface area contributed by atoms with Gasteiger partial charge in [-0.15, -0.1) is 11.3 Å². The molecule has 0 bridgehead atoms. The highest BCUT2D eigenvalue weighted by molar-refractivity contribution is 7.99. The van der Waals surface area contributed by atoms with Crippen LogP contribution in [0.5, 0.6) is 5.75 Å². The van der Waals surface area contributed by atoms with Gasteiger partial charge in [0.25, 0.3) is 5.56 Å². The number of anilines is 1. The zero-order chi connectivity index (χ0) is 22.7. The number of aryl methyl sites for hydroxylation is 2. The van der Waals surface area contributed by atoms with E-state index in [0.717, 1.165) is 22.6 Å². The van der Waals surface area contributed by atoms with Crippen LogP contribution in [-0.4, -0.2) is 27.8 Å². The number of aromatic nitrogens is 2. The van der Waals surface area contributed by atoms with E-state index in [0.29, 0.717) is 27.7 Å². The summed E-state index contributed by atoms with van der Waals surface area (Å²) < 4.78 is 7.65. The number of hydrogen-bond acceptors (Lipinski definition) is 6. The summed E-state index contributed by atoms with van der Waals surface area (Å²) >= 11 is 2.62. The molecule has 4 rings (SSSR count). The first kappa shape index (κ1) is 22.1. The number of nitrogens with zero attached hydrogens (tertiary/aromatic N) is 2. The van der Waals surface area contributed by atoms with Crippen molar-refractivity contribution in [3.05, 3.63) is 75.4 Å². The number of carbonyl (C=O) groups excluding carboxylic acids is 1. The zero-order valence-corrected chi connectivity index (χ0v) is 19.7. The molecule has 0 saturated heterocycles. The van der Waals surface area contributed by atoms with Gasteiger partial charge in [-0.1, -0.05) is 23.9 Å². The number of carbonyl (C=O) groups is 1. The minimum atomic E-state index is -0.175. The van der Waals surface area contributed by atoms with Crippen LogP contribution in [0.25, 0.3) is 15.9 Å². The Bertz CT molecular complexity index is 1330. The highest BCUT2D eigenvalue weighted by Gasteiger charge is 2.17. The molecule has 8 heteroatoms. The molecule has 4 aromatic rings. The van der Waals surface area contributed by atoms with Gasteiger partial charge < -0.3 is 10.1 Å². The van der Waals surface area contributed by atoms with Crippen molar-refractivity contribution < 1.29 is 9.53 Å². The van der Waals surface area contributed by atoms with Crippen LogP contribution in [-0.2, 0) is 4.79 Å². The Labute approximate surface area is 194 Å². The van der Waals surface area contributed by atoms with Crippen LogP contribution < -0.4 is 15.6 Å². The molecule has 0 aliphatic carbocycles. The molecule has 0 aliphatic rings. The van der Waals surface area contributed by atoms with Gasteiger partial charge in [-0.05, 0) is 73.7 Å². The third-order valence-corrected chi connectivity index (χ3v) is 6.67. The lowest BCUT2D eigenvalue weighted by Gasteiger charge is -2.15. The molecule has 2 aromatic heterocycles. The predicted octanol–water partition coefficient (Wildman–Crippen LogP) is 5.19. The van der Waals surface area contributed by atoms with Crippen molar-refractivity contribution in [1.29, 1.82) is 0 Å². The fourth-order valence-electron chi connectivity index (χ4n) is 3.29. The van der Waals surface area contributed by atoms with Crippen molar-refractivity contribution in [2.24, 2.45) is 0 Å². The molecule has 0 saturated carbocycles. The third-order valence-electron chi connectivity index (χ3n) is 4.84. The van der Waals surface area contributed by atoms with Gasteiger partial charge in [0.05, 0.1) is 23.6 Å². The smallest absolute Gasteiger partial charge is 0.276 e. The van der Waals surface area contributed by atoms with E-state index < -0.39 is 0 Å². The SMILES string of the molecule is CCOc1ccc(NC(=O)CSc2nc3ccsc3c(=O)n2-c2cc(C)ccc2C)cc1. The van der Waals surface area contributed by atoms with Crippen LogP contribution in [0.3, 0.4) is 0 Å². The average Bonchev–Trinajstić information content (AvgIpc) is 3.25. The largest absolute Gasteiger partial charge is 0.494 e. The van der Waals surface area contributed by atoms with E-state index in [1.54, 1.807) is 16.7 Å². The maximum Gasteiger partial charge on any atom is 0.276 e. The first-order valence-electron chi connectivity index (χ1n) is 10.2. The molecule has 0 aliphatic heterocycles. The van der Waals surface area contributed by atoms with E-state index in [9.17, 15) is 9.59 Å². The summed E-state index contributed by atoms with van der Waals surface area (Å²) in [5.41, 5.74) is 4.02. The first-order chi connectivity index (χ1) is 15.5. The number of thiophene rings is 1. The van der Waals surface area contributed by atoms with Gasteiger partial charge in [-0.25, -0.2) is 4.98 Å². The van der Waals surface area contributed by atoms with E-state index >= 15 is 0 Å². The Balaban J connectivity index is 1.60. The maximum atomic E-state index is 13.3. The molecule has 32 heavy (non-hydrogen) atoms. The van der Waals surface area contributed by atoms with E-state index in [4.69, 9.17) is 9.72 Å². The molecule has 1 amide bonds. The molecular formula is C24H23N3O3S2. The number of amides is 1. The number of nitrogens with one attached hydrogen (secondary N) is 1. The molecule has 2 aromatic carbocycles. The lowest BCUT2D eigenvalue weighted by Crippen LogP contribution is -2.23. The fourth-order valence-corrected chi connectivity index (χ4v) is 4.86. The summed E-state index contributed by atoms with van der Waals surface area (Å²) in [5.74, 6) is 0.706. The van der Waals surface area contributed by atoms with Crippen LogP contribution in [0.4, 0.5) is 5.69 Å². The monoisotopic (exact) mass is 465 g/mol. The Morgan fingerprint density at radius 3 is 2.69 bits per heavy atom.